The first-order chi connectivity index (χ1) is 9.84. The Bertz CT molecular complexity index is 617. The second kappa shape index (κ2) is 4.65. The smallest absolute Gasteiger partial charge is 0.160 e. The van der Waals surface area contributed by atoms with Gasteiger partial charge in [-0.05, 0) is 54.0 Å². The molecular weight excluding hydrogens is 252 g/mol. The lowest BCUT2D eigenvalue weighted by Gasteiger charge is -2.31. The van der Waals surface area contributed by atoms with E-state index >= 15 is 0 Å². The Morgan fingerprint density at radius 3 is 2.70 bits per heavy atom. The Kier molecular flexibility index (Phi) is 2.79. The minimum atomic E-state index is 0.640. The average Bonchev–Trinajstić information content (AvgIpc) is 3.20. The fourth-order valence-electron chi connectivity index (χ4n) is 4.03. The van der Waals surface area contributed by atoms with Gasteiger partial charge in [0.25, 0.3) is 0 Å². The van der Waals surface area contributed by atoms with Crippen LogP contribution in [0.4, 0.5) is 11.4 Å². The van der Waals surface area contributed by atoms with Gasteiger partial charge in [0.05, 0.1) is 11.4 Å². The summed E-state index contributed by atoms with van der Waals surface area (Å²) < 4.78 is 4.90. The lowest BCUT2D eigenvalue weighted by Crippen LogP contribution is -2.34. The Hall–Kier alpha value is -1.78. The van der Waals surface area contributed by atoms with Gasteiger partial charge in [0.15, 0.2) is 11.0 Å². The van der Waals surface area contributed by atoms with Crippen LogP contribution >= 0.6 is 0 Å². The molecule has 4 rings (SSSR count). The summed E-state index contributed by atoms with van der Waals surface area (Å²) in [6.45, 7) is 1.10. The van der Waals surface area contributed by atoms with E-state index in [4.69, 9.17) is 10.4 Å². The second-order valence-electron chi connectivity index (χ2n) is 6.08. The number of anilines is 2. The van der Waals surface area contributed by atoms with Gasteiger partial charge in [-0.15, -0.1) is 0 Å². The Morgan fingerprint density at radius 2 is 1.85 bits per heavy atom. The fourth-order valence-corrected chi connectivity index (χ4v) is 4.03. The first-order valence-electron chi connectivity index (χ1n) is 7.62. The number of nitrogen functional groups attached to an aromatic ring is 1. The zero-order valence-corrected chi connectivity index (χ0v) is 11.6. The van der Waals surface area contributed by atoms with Crippen molar-refractivity contribution in [3.8, 4) is 0 Å². The van der Waals surface area contributed by atoms with Crippen LogP contribution < -0.4 is 10.6 Å². The van der Waals surface area contributed by atoms with E-state index in [1.807, 2.05) is 6.07 Å². The third kappa shape index (κ3) is 1.76. The fraction of sp³-hybridized carbons (Fsp3) is 0.600. The van der Waals surface area contributed by atoms with Gasteiger partial charge >= 0.3 is 0 Å². The lowest BCUT2D eigenvalue weighted by atomic mass is 9.95. The maximum Gasteiger partial charge on any atom is 0.160 e. The minimum Gasteiger partial charge on any atom is -0.397 e. The largest absolute Gasteiger partial charge is 0.397 e. The third-order valence-corrected chi connectivity index (χ3v) is 4.98. The van der Waals surface area contributed by atoms with Crippen LogP contribution in [0.3, 0.4) is 0 Å². The second-order valence-corrected chi connectivity index (χ2v) is 6.08. The van der Waals surface area contributed by atoms with Crippen LogP contribution in [0.25, 0.3) is 11.0 Å². The summed E-state index contributed by atoms with van der Waals surface area (Å²) in [5.74, 6) is 0.838. The minimum absolute atomic E-state index is 0.640. The molecule has 5 heteroatoms. The number of hydrogen-bond acceptors (Lipinski definition) is 5. The van der Waals surface area contributed by atoms with Crippen LogP contribution in [0.1, 0.15) is 38.5 Å². The van der Waals surface area contributed by atoms with Gasteiger partial charge in [0.1, 0.15) is 0 Å². The first kappa shape index (κ1) is 12.0. The maximum absolute atomic E-state index is 5.94. The molecule has 0 bridgehead atoms. The zero-order chi connectivity index (χ0) is 13.5. The summed E-state index contributed by atoms with van der Waals surface area (Å²) >= 11 is 0. The summed E-state index contributed by atoms with van der Waals surface area (Å²) in [5, 5.41) is 8.01. The molecule has 0 radical (unpaired) electrons. The molecule has 0 spiro atoms. The van der Waals surface area contributed by atoms with Gasteiger partial charge in [-0.3, -0.25) is 0 Å². The van der Waals surface area contributed by atoms with Gasteiger partial charge in [-0.25, -0.2) is 4.63 Å². The van der Waals surface area contributed by atoms with E-state index in [0.717, 1.165) is 23.7 Å². The number of nitrogens with zero attached hydrogens (tertiary/aromatic N) is 3. The third-order valence-electron chi connectivity index (χ3n) is 4.98. The van der Waals surface area contributed by atoms with E-state index in [1.165, 1.54) is 38.5 Å². The van der Waals surface area contributed by atoms with Gasteiger partial charge in [-0.2, -0.15) is 0 Å². The number of benzene rings is 1. The predicted molar refractivity (Wildman–Crippen MR) is 78.5 cm³/mol. The van der Waals surface area contributed by atoms with Crippen molar-refractivity contribution in [3.63, 3.8) is 0 Å². The van der Waals surface area contributed by atoms with Crippen molar-refractivity contribution in [2.75, 3.05) is 17.2 Å². The van der Waals surface area contributed by atoms with Crippen molar-refractivity contribution in [3.05, 3.63) is 12.1 Å². The molecule has 106 valence electrons. The molecule has 1 aliphatic heterocycles. The summed E-state index contributed by atoms with van der Waals surface area (Å²) in [5.41, 5.74) is 9.24. The maximum atomic E-state index is 5.94. The molecule has 2 aliphatic rings. The molecule has 2 aromatic rings. The summed E-state index contributed by atoms with van der Waals surface area (Å²) in [4.78, 5) is 2.52. The van der Waals surface area contributed by atoms with E-state index in [2.05, 4.69) is 21.3 Å². The van der Waals surface area contributed by atoms with E-state index in [1.54, 1.807) is 0 Å². The molecular formula is C15H20N4O. The van der Waals surface area contributed by atoms with Crippen molar-refractivity contribution >= 4 is 22.4 Å². The van der Waals surface area contributed by atoms with Gasteiger partial charge in [-0.1, -0.05) is 12.8 Å². The van der Waals surface area contributed by atoms with Gasteiger partial charge < -0.3 is 10.6 Å². The predicted octanol–water partition coefficient (Wildman–Crippen LogP) is 2.96. The Labute approximate surface area is 118 Å². The Balaban J connectivity index is 1.74. The van der Waals surface area contributed by atoms with Crippen molar-refractivity contribution in [2.45, 2.75) is 44.6 Å². The molecule has 2 fully saturated rings. The quantitative estimate of drug-likeness (QED) is 0.851. The summed E-state index contributed by atoms with van der Waals surface area (Å²) in [7, 11) is 0. The summed E-state index contributed by atoms with van der Waals surface area (Å²) in [6.07, 6.45) is 8.07. The molecule has 1 saturated carbocycles. The van der Waals surface area contributed by atoms with E-state index < -0.39 is 0 Å². The molecule has 1 aromatic carbocycles. The summed E-state index contributed by atoms with van der Waals surface area (Å²) in [6, 6.07) is 4.65. The van der Waals surface area contributed by atoms with E-state index in [9.17, 15) is 0 Å². The average molecular weight is 272 g/mol. The number of hydrogen-bond donors (Lipinski definition) is 1. The molecule has 1 aliphatic carbocycles. The highest BCUT2D eigenvalue weighted by atomic mass is 16.6. The molecule has 20 heavy (non-hydrogen) atoms. The zero-order valence-electron chi connectivity index (χ0n) is 11.6. The highest BCUT2D eigenvalue weighted by Crippen LogP contribution is 2.40. The molecule has 2 N–H and O–H groups in total. The molecule has 5 nitrogen and oxygen atoms in total. The van der Waals surface area contributed by atoms with Crippen molar-refractivity contribution in [1.82, 2.24) is 10.3 Å². The molecule has 1 saturated heterocycles. The lowest BCUT2D eigenvalue weighted by molar-refractivity contribution is 0.315. The molecule has 1 atom stereocenters. The number of rotatable bonds is 2. The van der Waals surface area contributed by atoms with E-state index in [0.29, 0.717) is 17.2 Å². The van der Waals surface area contributed by atoms with E-state index in [-0.39, 0.29) is 0 Å². The molecule has 1 unspecified atom stereocenters. The van der Waals surface area contributed by atoms with Crippen molar-refractivity contribution < 1.29 is 4.63 Å². The van der Waals surface area contributed by atoms with Crippen molar-refractivity contribution in [1.29, 1.82) is 0 Å². The SMILES string of the molecule is Nc1ccc(N2CCCC2C2CCCC2)c2nonc12. The normalized spacial score (nSPS) is 24.0. The standard InChI is InChI=1S/C15H20N4O/c16-11-7-8-13(15-14(11)17-20-18-15)19-9-3-6-12(19)10-4-1-2-5-10/h7-8,10,12H,1-6,9,16H2. The van der Waals surface area contributed by atoms with Crippen LogP contribution in [-0.2, 0) is 0 Å². The van der Waals surface area contributed by atoms with Crippen LogP contribution in [0, 0.1) is 5.92 Å². The number of fused-ring (bicyclic) bond motifs is 1. The van der Waals surface area contributed by atoms with Crippen LogP contribution in [0.2, 0.25) is 0 Å². The Morgan fingerprint density at radius 1 is 1.05 bits per heavy atom. The highest BCUT2D eigenvalue weighted by Gasteiger charge is 2.34. The van der Waals surface area contributed by atoms with Gasteiger partial charge in [0, 0.05) is 12.6 Å². The molecule has 0 amide bonds. The number of nitrogens with two attached hydrogens (primary N) is 1. The monoisotopic (exact) mass is 272 g/mol. The van der Waals surface area contributed by atoms with Crippen LogP contribution in [0.5, 0.6) is 0 Å². The molecule has 1 aromatic heterocycles. The highest BCUT2D eigenvalue weighted by molar-refractivity contribution is 5.95. The van der Waals surface area contributed by atoms with Crippen LogP contribution in [-0.4, -0.2) is 22.9 Å². The van der Waals surface area contributed by atoms with Crippen molar-refractivity contribution in [2.24, 2.45) is 5.92 Å². The topological polar surface area (TPSA) is 68.2 Å². The first-order valence-corrected chi connectivity index (χ1v) is 7.62. The number of aromatic nitrogens is 2. The van der Waals surface area contributed by atoms with Gasteiger partial charge in [0.2, 0.25) is 0 Å². The van der Waals surface area contributed by atoms with Crippen LogP contribution in [0.15, 0.2) is 16.8 Å². The molecule has 2 heterocycles.